The van der Waals surface area contributed by atoms with Gasteiger partial charge in [-0.25, -0.2) is 9.37 Å². The Balaban J connectivity index is 2.13. The molecule has 14 heavy (non-hydrogen) atoms. The van der Waals surface area contributed by atoms with Crippen LogP contribution in [0.5, 0.6) is 0 Å². The van der Waals surface area contributed by atoms with Crippen LogP contribution >= 0.6 is 11.3 Å². The number of hydrogen-bond donors (Lipinski definition) is 0. The number of aromatic nitrogens is 1. The van der Waals surface area contributed by atoms with Gasteiger partial charge in [0.05, 0.1) is 5.69 Å². The normalized spacial score (nSPS) is 16.6. The average Bonchev–Trinajstić information content (AvgIpc) is 2.60. The number of fused-ring (bicyclic) bond motifs is 1. The summed E-state index contributed by atoms with van der Waals surface area (Å²) in [6, 6.07) is 0. The molecule has 3 nitrogen and oxygen atoms in total. The molecular weight excluding hydrogens is 203 g/mol. The summed E-state index contributed by atoms with van der Waals surface area (Å²) in [4.78, 5) is 17.9. The van der Waals surface area contributed by atoms with Gasteiger partial charge in [-0.2, -0.15) is 0 Å². The summed E-state index contributed by atoms with van der Waals surface area (Å²) in [7, 11) is 0. The minimum absolute atomic E-state index is 0.311. The molecule has 5 heteroatoms. The van der Waals surface area contributed by atoms with Crippen molar-refractivity contribution in [3.63, 3.8) is 0 Å². The summed E-state index contributed by atoms with van der Waals surface area (Å²) < 4.78 is 12.1. The number of thiazole rings is 1. The van der Waals surface area contributed by atoms with Crippen LogP contribution in [0, 0.1) is 0 Å². The molecule has 1 aromatic heterocycles. The lowest BCUT2D eigenvalue weighted by Crippen LogP contribution is -2.31. The number of nitrogens with zero attached hydrogens (tertiary/aromatic N) is 2. The van der Waals surface area contributed by atoms with Gasteiger partial charge in [-0.3, -0.25) is 9.69 Å². The molecule has 1 aliphatic rings. The van der Waals surface area contributed by atoms with Crippen LogP contribution in [0.1, 0.15) is 20.4 Å². The van der Waals surface area contributed by atoms with E-state index < -0.39 is 0 Å². The number of carbonyl (C=O) groups is 1. The zero-order valence-electron chi connectivity index (χ0n) is 7.70. The molecule has 0 aliphatic carbocycles. The molecule has 0 aromatic carbocycles. The van der Waals surface area contributed by atoms with E-state index in [4.69, 9.17) is 0 Å². The lowest BCUT2D eigenvalue weighted by Gasteiger charge is -2.24. The number of aldehydes is 1. The molecule has 2 rings (SSSR count). The van der Waals surface area contributed by atoms with Crippen molar-refractivity contribution in [1.29, 1.82) is 0 Å². The Kier molecular flexibility index (Phi) is 2.88. The second-order valence-electron chi connectivity index (χ2n) is 3.25. The molecule has 1 aromatic rings. The third kappa shape index (κ3) is 1.83. The molecule has 0 saturated heterocycles. The number of hydrogen-bond acceptors (Lipinski definition) is 4. The number of alkyl halides is 1. The van der Waals surface area contributed by atoms with Crippen LogP contribution in [0.25, 0.3) is 0 Å². The van der Waals surface area contributed by atoms with Crippen molar-refractivity contribution in [3.05, 3.63) is 15.6 Å². The van der Waals surface area contributed by atoms with Crippen molar-refractivity contribution in [2.45, 2.75) is 13.0 Å². The van der Waals surface area contributed by atoms with E-state index in [-0.39, 0.29) is 6.67 Å². The molecule has 0 bridgehead atoms. The summed E-state index contributed by atoms with van der Waals surface area (Å²) in [6.45, 7) is 1.76. The van der Waals surface area contributed by atoms with Gasteiger partial charge in [0.15, 0.2) is 11.3 Å². The predicted octanol–water partition coefficient (Wildman–Crippen LogP) is 1.28. The van der Waals surface area contributed by atoms with E-state index >= 15 is 0 Å². The van der Waals surface area contributed by atoms with Crippen LogP contribution in [0.3, 0.4) is 0 Å². The monoisotopic (exact) mass is 214 g/mol. The molecule has 0 radical (unpaired) electrons. The second kappa shape index (κ2) is 4.14. The molecular formula is C9H11FN2OS. The lowest BCUT2D eigenvalue weighted by molar-refractivity contribution is 0.112. The van der Waals surface area contributed by atoms with Crippen LogP contribution in [0.4, 0.5) is 4.39 Å². The maximum atomic E-state index is 12.1. The van der Waals surface area contributed by atoms with E-state index in [1.54, 1.807) is 0 Å². The molecule has 76 valence electrons. The molecule has 0 unspecified atom stereocenters. The number of rotatable bonds is 3. The Morgan fingerprint density at radius 2 is 2.50 bits per heavy atom. The largest absolute Gasteiger partial charge is 0.295 e. The van der Waals surface area contributed by atoms with E-state index in [1.165, 1.54) is 11.3 Å². The summed E-state index contributed by atoms with van der Waals surface area (Å²) in [6.07, 6.45) is 1.61. The van der Waals surface area contributed by atoms with Gasteiger partial charge in [-0.15, -0.1) is 11.3 Å². The molecule has 0 fully saturated rings. The molecule has 0 spiro atoms. The molecule has 0 amide bonds. The second-order valence-corrected chi connectivity index (χ2v) is 4.37. The topological polar surface area (TPSA) is 33.2 Å². The average molecular weight is 214 g/mol. The molecule has 0 N–H and O–H groups in total. The standard InChI is InChI=1S/C9H11FN2OS/c10-2-4-12-3-1-7-8(5-12)14-9(6-13)11-7/h6H,1-5H2. The highest BCUT2D eigenvalue weighted by Crippen LogP contribution is 2.23. The fourth-order valence-electron chi connectivity index (χ4n) is 1.63. The zero-order valence-corrected chi connectivity index (χ0v) is 8.52. The molecule has 1 aliphatic heterocycles. The highest BCUT2D eigenvalue weighted by molar-refractivity contribution is 7.13. The molecule has 2 heterocycles. The molecule has 0 saturated carbocycles. The van der Waals surface area contributed by atoms with Crippen LogP contribution < -0.4 is 0 Å². The fraction of sp³-hybridized carbons (Fsp3) is 0.556. The van der Waals surface area contributed by atoms with Crippen LogP contribution in [-0.4, -0.2) is 35.9 Å². The SMILES string of the molecule is O=Cc1nc2c(s1)CN(CCF)CC2. The lowest BCUT2D eigenvalue weighted by atomic mass is 10.2. The van der Waals surface area contributed by atoms with E-state index in [2.05, 4.69) is 9.88 Å². The van der Waals surface area contributed by atoms with Crippen molar-refractivity contribution in [1.82, 2.24) is 9.88 Å². The summed E-state index contributed by atoms with van der Waals surface area (Å²) in [5.74, 6) is 0. The quantitative estimate of drug-likeness (QED) is 0.711. The first-order chi connectivity index (χ1) is 6.83. The highest BCUT2D eigenvalue weighted by Gasteiger charge is 2.19. The van der Waals surface area contributed by atoms with Crippen molar-refractivity contribution in [3.8, 4) is 0 Å². The summed E-state index contributed by atoms with van der Waals surface area (Å²) in [5.41, 5.74) is 1.02. The Morgan fingerprint density at radius 1 is 1.64 bits per heavy atom. The minimum atomic E-state index is -0.311. The summed E-state index contributed by atoms with van der Waals surface area (Å²) >= 11 is 1.42. The zero-order chi connectivity index (χ0) is 9.97. The van der Waals surface area contributed by atoms with Crippen molar-refractivity contribution >= 4 is 17.6 Å². The number of halogens is 1. The first kappa shape index (κ1) is 9.73. The first-order valence-corrected chi connectivity index (χ1v) is 5.37. The van der Waals surface area contributed by atoms with Gasteiger partial charge in [0.25, 0.3) is 0 Å². The fourth-order valence-corrected chi connectivity index (χ4v) is 2.60. The maximum absolute atomic E-state index is 12.1. The van der Waals surface area contributed by atoms with Gasteiger partial charge >= 0.3 is 0 Å². The van der Waals surface area contributed by atoms with Gasteiger partial charge < -0.3 is 0 Å². The van der Waals surface area contributed by atoms with E-state index in [9.17, 15) is 9.18 Å². The van der Waals surface area contributed by atoms with Crippen LogP contribution in [-0.2, 0) is 13.0 Å². The van der Waals surface area contributed by atoms with Gasteiger partial charge in [0, 0.05) is 30.9 Å². The van der Waals surface area contributed by atoms with Gasteiger partial charge in [-0.1, -0.05) is 0 Å². The summed E-state index contributed by atoms with van der Waals surface area (Å²) in [5, 5.41) is 0.539. The van der Waals surface area contributed by atoms with Gasteiger partial charge in [-0.05, 0) is 0 Å². The smallest absolute Gasteiger partial charge is 0.178 e. The van der Waals surface area contributed by atoms with E-state index in [0.29, 0.717) is 11.6 Å². The van der Waals surface area contributed by atoms with Gasteiger partial charge in [0.1, 0.15) is 6.67 Å². The Morgan fingerprint density at radius 3 is 3.21 bits per heavy atom. The first-order valence-electron chi connectivity index (χ1n) is 4.55. The third-order valence-electron chi connectivity index (χ3n) is 2.33. The minimum Gasteiger partial charge on any atom is -0.295 e. The van der Waals surface area contributed by atoms with Gasteiger partial charge in [0.2, 0.25) is 0 Å². The van der Waals surface area contributed by atoms with Crippen LogP contribution in [0.2, 0.25) is 0 Å². The number of carbonyl (C=O) groups excluding carboxylic acids is 1. The highest BCUT2D eigenvalue weighted by atomic mass is 32.1. The third-order valence-corrected chi connectivity index (χ3v) is 3.34. The van der Waals surface area contributed by atoms with E-state index in [0.717, 1.165) is 36.4 Å². The Bertz CT molecular complexity index is 340. The Labute approximate surface area is 85.6 Å². The van der Waals surface area contributed by atoms with Crippen molar-refractivity contribution in [2.75, 3.05) is 19.8 Å². The Hall–Kier alpha value is -0.810. The molecule has 0 atom stereocenters. The maximum Gasteiger partial charge on any atom is 0.178 e. The van der Waals surface area contributed by atoms with Crippen molar-refractivity contribution < 1.29 is 9.18 Å². The van der Waals surface area contributed by atoms with Crippen molar-refractivity contribution in [2.24, 2.45) is 0 Å². The van der Waals surface area contributed by atoms with Crippen LogP contribution in [0.15, 0.2) is 0 Å². The predicted molar refractivity (Wildman–Crippen MR) is 52.5 cm³/mol. The van der Waals surface area contributed by atoms with E-state index in [1.807, 2.05) is 0 Å².